The summed E-state index contributed by atoms with van der Waals surface area (Å²) in [6.45, 7) is 11.8. The van der Waals surface area contributed by atoms with Crippen LogP contribution in [0.25, 0.3) is 0 Å². The SMILES string of the molecule is COC(=O)NC(C(=O)NCCOCCOCC(=O)NCCOCCOCC(=O)NC(CCCCNC(C)(C)C)C(=O)O)C(C)C. The molecule has 0 aromatic rings. The molecule has 16 heteroatoms. The van der Waals surface area contributed by atoms with E-state index >= 15 is 0 Å². The lowest BCUT2D eigenvalue weighted by molar-refractivity contribution is -0.142. The molecule has 16 nitrogen and oxygen atoms in total. The van der Waals surface area contributed by atoms with Gasteiger partial charge in [-0.05, 0) is 52.5 Å². The third-order valence-electron chi connectivity index (χ3n) is 5.94. The van der Waals surface area contributed by atoms with E-state index in [0.29, 0.717) is 12.8 Å². The number of nitrogens with one attached hydrogen (secondary N) is 5. The number of rotatable bonds is 26. The zero-order valence-electron chi connectivity index (χ0n) is 27.7. The fraction of sp³-hybridized carbons (Fsp3) is 0.828. The van der Waals surface area contributed by atoms with Crippen LogP contribution in [0.3, 0.4) is 0 Å². The van der Waals surface area contributed by atoms with Crippen LogP contribution in [0.1, 0.15) is 53.9 Å². The first kappa shape index (κ1) is 42.0. The standard InChI is InChI=1S/C29H55N5O11/c1-21(2)25(34-28(40)41-6)26(37)31-12-14-43-15-17-44-19-23(35)30-11-13-42-16-18-45-20-24(36)33-22(27(38)39)9-7-8-10-32-29(3,4)5/h21-22,25,32H,7-20H2,1-6H3,(H,30,35)(H,31,37)(H,33,36)(H,34,40)(H,38,39). The van der Waals surface area contributed by atoms with E-state index in [1.807, 2.05) is 0 Å². The van der Waals surface area contributed by atoms with Crippen molar-refractivity contribution in [3.8, 4) is 0 Å². The third kappa shape index (κ3) is 24.9. The molecule has 0 fully saturated rings. The zero-order valence-corrected chi connectivity index (χ0v) is 27.7. The van der Waals surface area contributed by atoms with Crippen LogP contribution in [0.4, 0.5) is 4.79 Å². The van der Waals surface area contributed by atoms with Gasteiger partial charge in [-0.25, -0.2) is 9.59 Å². The van der Waals surface area contributed by atoms with Gasteiger partial charge in [-0.1, -0.05) is 13.8 Å². The zero-order chi connectivity index (χ0) is 34.1. The first-order valence-electron chi connectivity index (χ1n) is 15.2. The van der Waals surface area contributed by atoms with Crippen molar-refractivity contribution in [2.75, 3.05) is 79.6 Å². The Kier molecular flexibility index (Phi) is 23.5. The molecule has 0 aromatic carbocycles. The number of carboxylic acid groups (broad SMARTS) is 1. The maximum absolute atomic E-state index is 12.2. The molecule has 2 unspecified atom stereocenters. The fourth-order valence-electron chi connectivity index (χ4n) is 3.59. The number of alkyl carbamates (subject to hydrolysis) is 1. The highest BCUT2D eigenvalue weighted by Crippen LogP contribution is 2.04. The Bertz CT molecular complexity index is 868. The highest BCUT2D eigenvalue weighted by atomic mass is 16.5. The molecule has 0 radical (unpaired) electrons. The number of carboxylic acids is 1. The molecule has 4 amide bonds. The van der Waals surface area contributed by atoms with Crippen molar-refractivity contribution in [3.05, 3.63) is 0 Å². The Morgan fingerprint density at radius 3 is 1.80 bits per heavy atom. The van der Waals surface area contributed by atoms with Gasteiger partial charge in [-0.2, -0.15) is 0 Å². The van der Waals surface area contributed by atoms with Crippen molar-refractivity contribution < 1.29 is 52.8 Å². The average molecular weight is 650 g/mol. The molecule has 0 aliphatic carbocycles. The Morgan fingerprint density at radius 1 is 0.711 bits per heavy atom. The molecule has 0 saturated heterocycles. The van der Waals surface area contributed by atoms with Gasteiger partial charge in [-0.15, -0.1) is 0 Å². The van der Waals surface area contributed by atoms with Gasteiger partial charge in [0.2, 0.25) is 17.7 Å². The molecule has 0 saturated carbocycles. The normalized spacial score (nSPS) is 12.7. The van der Waals surface area contributed by atoms with Crippen molar-refractivity contribution in [1.29, 1.82) is 0 Å². The summed E-state index contributed by atoms with van der Waals surface area (Å²) >= 11 is 0. The lowest BCUT2D eigenvalue weighted by atomic mass is 10.0. The van der Waals surface area contributed by atoms with E-state index in [-0.39, 0.29) is 89.2 Å². The molecule has 45 heavy (non-hydrogen) atoms. The number of hydrogen-bond donors (Lipinski definition) is 6. The lowest BCUT2D eigenvalue weighted by Gasteiger charge is -2.20. The minimum atomic E-state index is -1.08. The highest BCUT2D eigenvalue weighted by molar-refractivity contribution is 5.86. The van der Waals surface area contributed by atoms with Gasteiger partial charge in [0, 0.05) is 18.6 Å². The van der Waals surface area contributed by atoms with Crippen LogP contribution in [0.2, 0.25) is 0 Å². The van der Waals surface area contributed by atoms with E-state index in [2.05, 4.69) is 52.1 Å². The molecule has 2 atom stereocenters. The smallest absolute Gasteiger partial charge is 0.407 e. The van der Waals surface area contributed by atoms with Crippen LogP contribution in [-0.4, -0.2) is 132 Å². The van der Waals surface area contributed by atoms with Gasteiger partial charge in [0.05, 0.1) is 46.8 Å². The molecular weight excluding hydrogens is 594 g/mol. The largest absolute Gasteiger partial charge is 0.480 e. The maximum atomic E-state index is 12.2. The topological polar surface area (TPSA) is 212 Å². The molecule has 0 heterocycles. The molecule has 262 valence electrons. The Labute approximate surface area is 266 Å². The Morgan fingerprint density at radius 2 is 1.27 bits per heavy atom. The molecule has 0 bridgehead atoms. The number of hydrogen-bond acceptors (Lipinski definition) is 11. The first-order chi connectivity index (χ1) is 21.3. The van der Waals surface area contributed by atoms with Crippen molar-refractivity contribution in [1.82, 2.24) is 26.6 Å². The minimum Gasteiger partial charge on any atom is -0.480 e. The van der Waals surface area contributed by atoms with Crippen LogP contribution in [0, 0.1) is 5.92 Å². The van der Waals surface area contributed by atoms with Crippen LogP contribution in [-0.2, 0) is 42.9 Å². The molecule has 6 N–H and O–H groups in total. The van der Waals surface area contributed by atoms with E-state index in [0.717, 1.165) is 13.0 Å². The summed E-state index contributed by atoms with van der Waals surface area (Å²) in [5, 5.41) is 23.0. The van der Waals surface area contributed by atoms with Gasteiger partial charge in [-0.3, -0.25) is 14.4 Å². The summed E-state index contributed by atoms with van der Waals surface area (Å²) in [6, 6.07) is -1.69. The Hall–Kier alpha value is -3.05. The number of ether oxygens (including phenoxy) is 5. The summed E-state index contributed by atoms with van der Waals surface area (Å²) in [6.07, 6.45) is 1.12. The molecule has 0 spiro atoms. The van der Waals surface area contributed by atoms with E-state index in [1.54, 1.807) is 13.8 Å². The summed E-state index contributed by atoms with van der Waals surface area (Å²) in [4.78, 5) is 58.8. The molecule has 0 aromatic heterocycles. The van der Waals surface area contributed by atoms with Crippen LogP contribution in [0.5, 0.6) is 0 Å². The number of unbranched alkanes of at least 4 members (excludes halogenated alkanes) is 1. The monoisotopic (exact) mass is 649 g/mol. The Balaban J connectivity index is 3.75. The minimum absolute atomic E-state index is 0.0000983. The number of methoxy groups -OCH3 is 1. The third-order valence-corrected chi connectivity index (χ3v) is 5.94. The van der Waals surface area contributed by atoms with Gasteiger partial charge in [0.25, 0.3) is 0 Å². The second kappa shape index (κ2) is 25.2. The van der Waals surface area contributed by atoms with Gasteiger partial charge < -0.3 is 55.4 Å². The van der Waals surface area contributed by atoms with Gasteiger partial charge in [0.15, 0.2) is 0 Å². The van der Waals surface area contributed by atoms with Crippen LogP contribution >= 0.6 is 0 Å². The summed E-state index contributed by atoms with van der Waals surface area (Å²) in [7, 11) is 1.22. The fourth-order valence-corrected chi connectivity index (χ4v) is 3.59. The predicted octanol–water partition coefficient (Wildman–Crippen LogP) is -0.206. The first-order valence-corrected chi connectivity index (χ1v) is 15.2. The van der Waals surface area contributed by atoms with Crippen molar-refractivity contribution in [2.45, 2.75) is 71.5 Å². The summed E-state index contributed by atoms with van der Waals surface area (Å²) < 4.78 is 25.7. The number of carbonyl (C=O) groups is 5. The predicted molar refractivity (Wildman–Crippen MR) is 165 cm³/mol. The quantitative estimate of drug-likeness (QED) is 0.0673. The van der Waals surface area contributed by atoms with Crippen molar-refractivity contribution in [3.63, 3.8) is 0 Å². The molecule has 0 aliphatic heterocycles. The van der Waals surface area contributed by atoms with Gasteiger partial charge >= 0.3 is 12.1 Å². The molecule has 0 aliphatic rings. The second-order valence-electron chi connectivity index (χ2n) is 11.5. The number of amides is 4. The van der Waals surface area contributed by atoms with Gasteiger partial charge in [0.1, 0.15) is 25.3 Å². The number of aliphatic carboxylic acids is 1. The van der Waals surface area contributed by atoms with Crippen molar-refractivity contribution in [2.24, 2.45) is 5.92 Å². The number of carbonyl (C=O) groups excluding carboxylic acids is 4. The van der Waals surface area contributed by atoms with E-state index in [9.17, 15) is 29.1 Å². The summed E-state index contributed by atoms with van der Waals surface area (Å²) in [5.41, 5.74) is 0.0000983. The van der Waals surface area contributed by atoms with E-state index < -0.39 is 30.1 Å². The van der Waals surface area contributed by atoms with Crippen molar-refractivity contribution >= 4 is 29.8 Å². The summed E-state index contributed by atoms with van der Waals surface area (Å²) in [5.74, 6) is -2.39. The molecular formula is C29H55N5O11. The second-order valence-corrected chi connectivity index (χ2v) is 11.5. The molecule has 0 rings (SSSR count). The van der Waals surface area contributed by atoms with E-state index in [1.165, 1.54) is 7.11 Å². The van der Waals surface area contributed by atoms with E-state index in [4.69, 9.17) is 18.9 Å². The highest BCUT2D eigenvalue weighted by Gasteiger charge is 2.24. The average Bonchev–Trinajstić information content (AvgIpc) is 2.96. The van der Waals surface area contributed by atoms with Crippen LogP contribution < -0.4 is 26.6 Å². The lowest BCUT2D eigenvalue weighted by Crippen LogP contribution is -2.50. The maximum Gasteiger partial charge on any atom is 0.407 e. The van der Waals surface area contributed by atoms with Crippen LogP contribution in [0.15, 0.2) is 0 Å².